The smallest absolute Gasteiger partial charge is 0.180 e. The van der Waals surface area contributed by atoms with Gasteiger partial charge in [0.15, 0.2) is 6.39 Å². The second-order valence-electron chi connectivity index (χ2n) is 3.23. The van der Waals surface area contributed by atoms with Crippen molar-refractivity contribution in [2.24, 2.45) is 0 Å². The van der Waals surface area contributed by atoms with E-state index in [0.717, 1.165) is 0 Å². The van der Waals surface area contributed by atoms with E-state index in [9.17, 15) is 5.11 Å². The van der Waals surface area contributed by atoms with Crippen LogP contribution in [0.2, 0.25) is 0 Å². The predicted octanol–water partition coefficient (Wildman–Crippen LogP) is -0.493. The molecule has 0 aliphatic carbocycles. The third-order valence-electron chi connectivity index (χ3n) is 1.63. The molecule has 0 fully saturated rings. The molecule has 1 rings (SSSR count). The van der Waals surface area contributed by atoms with Crippen molar-refractivity contribution in [3.05, 3.63) is 18.4 Å². The molecule has 0 spiro atoms. The highest BCUT2D eigenvalue weighted by molar-refractivity contribution is 4.88. The lowest BCUT2D eigenvalue weighted by Gasteiger charge is -2.20. The lowest BCUT2D eigenvalue weighted by atomic mass is 10.1. The van der Waals surface area contributed by atoms with Crippen molar-refractivity contribution in [1.29, 1.82) is 0 Å². The largest absolute Gasteiger partial charge is 0.447 e. The summed E-state index contributed by atoms with van der Waals surface area (Å²) in [6.07, 6.45) is 2.95. The van der Waals surface area contributed by atoms with Crippen molar-refractivity contribution < 1.29 is 14.6 Å². The van der Waals surface area contributed by atoms with Gasteiger partial charge in [0.1, 0.15) is 5.76 Å². The first-order chi connectivity index (χ1) is 6.14. The van der Waals surface area contributed by atoms with E-state index in [2.05, 4.69) is 10.3 Å². The summed E-state index contributed by atoms with van der Waals surface area (Å²) in [7, 11) is 0. The first kappa shape index (κ1) is 10.2. The van der Waals surface area contributed by atoms with Gasteiger partial charge in [0.2, 0.25) is 0 Å². The topological polar surface area (TPSA) is 78.5 Å². The summed E-state index contributed by atoms with van der Waals surface area (Å²) in [4.78, 5) is 3.74. The molecule has 1 atom stereocenters. The number of oxazole rings is 1. The predicted molar refractivity (Wildman–Crippen MR) is 45.9 cm³/mol. The van der Waals surface area contributed by atoms with Crippen LogP contribution in [0.3, 0.4) is 0 Å². The third kappa shape index (κ3) is 3.54. The Morgan fingerprint density at radius 2 is 2.46 bits per heavy atom. The Morgan fingerprint density at radius 1 is 1.69 bits per heavy atom. The first-order valence-corrected chi connectivity index (χ1v) is 4.05. The SMILES string of the molecule is CC(O)(CO)CNCc1cnco1. The molecule has 0 radical (unpaired) electrons. The number of aliphatic hydroxyl groups excluding tert-OH is 1. The van der Waals surface area contributed by atoms with E-state index in [4.69, 9.17) is 9.52 Å². The first-order valence-electron chi connectivity index (χ1n) is 4.05. The Morgan fingerprint density at radius 3 is 3.00 bits per heavy atom. The average molecular weight is 186 g/mol. The van der Waals surface area contributed by atoms with Crippen LogP contribution in [0.1, 0.15) is 12.7 Å². The molecule has 0 bridgehead atoms. The van der Waals surface area contributed by atoms with Crippen molar-refractivity contribution in [3.63, 3.8) is 0 Å². The van der Waals surface area contributed by atoms with Gasteiger partial charge in [0.05, 0.1) is 24.9 Å². The number of aromatic nitrogens is 1. The van der Waals surface area contributed by atoms with E-state index in [1.165, 1.54) is 6.39 Å². The maximum atomic E-state index is 9.39. The van der Waals surface area contributed by atoms with Gasteiger partial charge in [-0.05, 0) is 6.92 Å². The summed E-state index contributed by atoms with van der Waals surface area (Å²) in [6.45, 7) is 2.09. The number of nitrogens with one attached hydrogen (secondary N) is 1. The van der Waals surface area contributed by atoms with Crippen LogP contribution in [0.4, 0.5) is 0 Å². The number of hydrogen-bond donors (Lipinski definition) is 3. The third-order valence-corrected chi connectivity index (χ3v) is 1.63. The summed E-state index contributed by atoms with van der Waals surface area (Å²) < 4.78 is 4.96. The van der Waals surface area contributed by atoms with Crippen LogP contribution < -0.4 is 5.32 Å². The molecular formula is C8H14N2O3. The Bertz CT molecular complexity index is 234. The van der Waals surface area contributed by atoms with Gasteiger partial charge in [-0.1, -0.05) is 0 Å². The van der Waals surface area contributed by atoms with Crippen molar-refractivity contribution in [2.45, 2.75) is 19.1 Å². The molecule has 0 aliphatic rings. The number of rotatable bonds is 5. The Balaban J connectivity index is 2.21. The molecule has 3 N–H and O–H groups in total. The fourth-order valence-corrected chi connectivity index (χ4v) is 0.840. The van der Waals surface area contributed by atoms with Crippen molar-refractivity contribution in [2.75, 3.05) is 13.2 Å². The number of aliphatic hydroxyl groups is 2. The fraction of sp³-hybridized carbons (Fsp3) is 0.625. The molecule has 5 nitrogen and oxygen atoms in total. The lowest BCUT2D eigenvalue weighted by Crippen LogP contribution is -2.40. The van der Waals surface area contributed by atoms with E-state index in [-0.39, 0.29) is 6.61 Å². The molecule has 0 saturated heterocycles. The zero-order valence-electron chi connectivity index (χ0n) is 7.53. The zero-order valence-corrected chi connectivity index (χ0v) is 7.53. The minimum Gasteiger partial charge on any atom is -0.447 e. The second-order valence-corrected chi connectivity index (χ2v) is 3.23. The number of hydrogen-bond acceptors (Lipinski definition) is 5. The van der Waals surface area contributed by atoms with Gasteiger partial charge in [-0.15, -0.1) is 0 Å². The Kier molecular flexibility index (Phi) is 3.41. The second kappa shape index (κ2) is 4.36. The molecule has 5 heteroatoms. The van der Waals surface area contributed by atoms with Gasteiger partial charge in [0.25, 0.3) is 0 Å². The average Bonchev–Trinajstić information content (AvgIpc) is 2.57. The van der Waals surface area contributed by atoms with E-state index < -0.39 is 5.60 Å². The quantitative estimate of drug-likeness (QED) is 0.578. The van der Waals surface area contributed by atoms with E-state index in [0.29, 0.717) is 18.8 Å². The lowest BCUT2D eigenvalue weighted by molar-refractivity contribution is 0.00227. The van der Waals surface area contributed by atoms with E-state index in [1.54, 1.807) is 13.1 Å². The summed E-state index contributed by atoms with van der Waals surface area (Å²) in [6, 6.07) is 0. The van der Waals surface area contributed by atoms with Gasteiger partial charge >= 0.3 is 0 Å². The Labute approximate surface area is 76.4 Å². The molecule has 0 aliphatic heterocycles. The monoisotopic (exact) mass is 186 g/mol. The van der Waals surface area contributed by atoms with Gasteiger partial charge in [-0.3, -0.25) is 0 Å². The number of nitrogens with zero attached hydrogens (tertiary/aromatic N) is 1. The molecule has 1 heterocycles. The highest BCUT2D eigenvalue weighted by atomic mass is 16.3. The van der Waals surface area contributed by atoms with Crippen LogP contribution >= 0.6 is 0 Å². The van der Waals surface area contributed by atoms with Crippen LogP contribution in [-0.4, -0.2) is 33.9 Å². The van der Waals surface area contributed by atoms with Crippen LogP contribution in [0, 0.1) is 0 Å². The molecule has 0 saturated carbocycles. The molecule has 74 valence electrons. The summed E-state index contributed by atoms with van der Waals surface area (Å²) in [5.41, 5.74) is -1.08. The van der Waals surface area contributed by atoms with Gasteiger partial charge in [-0.2, -0.15) is 0 Å². The summed E-state index contributed by atoms with van der Waals surface area (Å²) >= 11 is 0. The Hall–Kier alpha value is -0.910. The molecule has 1 unspecified atom stereocenters. The van der Waals surface area contributed by atoms with Crippen LogP contribution in [0.15, 0.2) is 17.0 Å². The van der Waals surface area contributed by atoms with Gasteiger partial charge < -0.3 is 19.9 Å². The van der Waals surface area contributed by atoms with E-state index >= 15 is 0 Å². The van der Waals surface area contributed by atoms with Crippen molar-refractivity contribution >= 4 is 0 Å². The van der Waals surface area contributed by atoms with Crippen LogP contribution in [0.25, 0.3) is 0 Å². The summed E-state index contributed by atoms with van der Waals surface area (Å²) in [5, 5.41) is 21.1. The molecule has 13 heavy (non-hydrogen) atoms. The van der Waals surface area contributed by atoms with Crippen LogP contribution in [0.5, 0.6) is 0 Å². The normalized spacial score (nSPS) is 15.6. The fourth-order valence-electron chi connectivity index (χ4n) is 0.840. The van der Waals surface area contributed by atoms with Gasteiger partial charge in [0, 0.05) is 6.54 Å². The molecule has 0 amide bonds. The highest BCUT2D eigenvalue weighted by Crippen LogP contribution is 2.00. The molecular weight excluding hydrogens is 172 g/mol. The minimum absolute atomic E-state index is 0.267. The molecule has 0 aromatic carbocycles. The van der Waals surface area contributed by atoms with Crippen LogP contribution in [-0.2, 0) is 6.54 Å². The maximum Gasteiger partial charge on any atom is 0.180 e. The molecule has 1 aromatic heterocycles. The van der Waals surface area contributed by atoms with Crippen molar-refractivity contribution in [3.8, 4) is 0 Å². The zero-order chi connectivity index (χ0) is 9.73. The van der Waals surface area contributed by atoms with E-state index in [1.807, 2.05) is 0 Å². The van der Waals surface area contributed by atoms with Crippen molar-refractivity contribution in [1.82, 2.24) is 10.3 Å². The maximum absolute atomic E-state index is 9.39. The highest BCUT2D eigenvalue weighted by Gasteiger charge is 2.17. The van der Waals surface area contributed by atoms with Gasteiger partial charge in [-0.25, -0.2) is 4.98 Å². The standard InChI is InChI=1S/C8H14N2O3/c1-8(12,5-11)4-9-2-7-3-10-6-13-7/h3,6,9,11-12H,2,4-5H2,1H3. The minimum atomic E-state index is -1.08. The summed E-state index contributed by atoms with van der Waals surface area (Å²) in [5.74, 6) is 0.703. The molecule has 1 aromatic rings.